The first-order valence-corrected chi connectivity index (χ1v) is 12.4. The highest BCUT2D eigenvalue weighted by atomic mass is 16.5. The van der Waals surface area contributed by atoms with Crippen LogP contribution in [0.2, 0.25) is 0 Å². The van der Waals surface area contributed by atoms with Gasteiger partial charge >= 0.3 is 5.97 Å². The fraction of sp³-hybridized carbons (Fsp3) is 0.194. The molecule has 0 radical (unpaired) electrons. The van der Waals surface area contributed by atoms with Crippen LogP contribution in [0.15, 0.2) is 95.7 Å². The van der Waals surface area contributed by atoms with Crippen molar-refractivity contribution in [2.45, 2.75) is 19.9 Å². The number of anilines is 1. The van der Waals surface area contributed by atoms with Gasteiger partial charge in [0.1, 0.15) is 11.5 Å². The van der Waals surface area contributed by atoms with Gasteiger partial charge in [0.05, 0.1) is 37.1 Å². The molecule has 8 nitrogen and oxygen atoms in total. The number of carbonyl (C=O) groups is 3. The predicted molar refractivity (Wildman–Crippen MR) is 148 cm³/mol. The van der Waals surface area contributed by atoms with Gasteiger partial charge in [-0.25, -0.2) is 4.79 Å². The van der Waals surface area contributed by atoms with E-state index >= 15 is 0 Å². The highest BCUT2D eigenvalue weighted by Gasteiger charge is 2.39. The fourth-order valence-electron chi connectivity index (χ4n) is 4.45. The van der Waals surface area contributed by atoms with Crippen LogP contribution in [0, 0.1) is 0 Å². The molecule has 0 saturated carbocycles. The number of methoxy groups -OCH3 is 2. The highest BCUT2D eigenvalue weighted by molar-refractivity contribution is 6.16. The summed E-state index contributed by atoms with van der Waals surface area (Å²) >= 11 is 0. The molecule has 3 aromatic rings. The molecule has 1 heterocycles. The topological polar surface area (TPSA) is 94.2 Å². The fourth-order valence-corrected chi connectivity index (χ4v) is 4.45. The van der Waals surface area contributed by atoms with E-state index in [1.54, 1.807) is 60.4 Å². The Balaban J connectivity index is 1.49. The molecule has 0 spiro atoms. The number of esters is 1. The maximum Gasteiger partial charge on any atom is 0.340 e. The Hall–Kier alpha value is -4.85. The Morgan fingerprint density at radius 3 is 2.28 bits per heavy atom. The molecule has 3 aromatic carbocycles. The summed E-state index contributed by atoms with van der Waals surface area (Å²) in [5.74, 6) is -0.159. The summed E-state index contributed by atoms with van der Waals surface area (Å²) in [5, 5.41) is 2.76. The zero-order valence-corrected chi connectivity index (χ0v) is 22.3. The lowest BCUT2D eigenvalue weighted by atomic mass is 10.0. The molecule has 0 aromatic heterocycles. The van der Waals surface area contributed by atoms with Crippen LogP contribution in [-0.4, -0.2) is 43.5 Å². The van der Waals surface area contributed by atoms with Crippen molar-refractivity contribution in [2.24, 2.45) is 0 Å². The minimum Gasteiger partial charge on any atom is -0.495 e. The van der Waals surface area contributed by atoms with Gasteiger partial charge in [-0.2, -0.15) is 0 Å². The largest absolute Gasteiger partial charge is 0.495 e. The lowest BCUT2D eigenvalue weighted by Gasteiger charge is -2.26. The molecule has 0 fully saturated rings. The van der Waals surface area contributed by atoms with Gasteiger partial charge in [-0.15, -0.1) is 0 Å². The predicted octanol–water partition coefficient (Wildman–Crippen LogP) is 5.15. The second-order valence-corrected chi connectivity index (χ2v) is 8.88. The van der Waals surface area contributed by atoms with Crippen LogP contribution in [-0.2, 0) is 19.1 Å². The number of rotatable bonds is 9. The number of nitrogens with one attached hydrogen (secondary N) is 1. The van der Waals surface area contributed by atoms with Crippen LogP contribution in [0.4, 0.5) is 5.69 Å². The summed E-state index contributed by atoms with van der Waals surface area (Å²) < 4.78 is 15.9. The Morgan fingerprint density at radius 1 is 0.949 bits per heavy atom. The second-order valence-electron chi connectivity index (χ2n) is 8.88. The van der Waals surface area contributed by atoms with E-state index in [0.717, 1.165) is 5.56 Å². The molecule has 1 aliphatic rings. The van der Waals surface area contributed by atoms with Crippen LogP contribution in [0.25, 0.3) is 6.08 Å². The summed E-state index contributed by atoms with van der Waals surface area (Å²) in [6.45, 7) is 3.47. The van der Waals surface area contributed by atoms with Gasteiger partial charge in [-0.05, 0) is 55.3 Å². The summed E-state index contributed by atoms with van der Waals surface area (Å²) in [5.41, 5.74) is 3.22. The summed E-state index contributed by atoms with van der Waals surface area (Å²) in [6.07, 6.45) is 1.66. The van der Waals surface area contributed by atoms with Crippen LogP contribution < -0.4 is 14.8 Å². The number of hydrogen-bond donors (Lipinski definition) is 1. The third-order valence-corrected chi connectivity index (χ3v) is 6.44. The Labute approximate surface area is 227 Å². The average Bonchev–Trinajstić information content (AvgIpc) is 3.21. The van der Waals surface area contributed by atoms with Crippen molar-refractivity contribution < 1.29 is 28.6 Å². The summed E-state index contributed by atoms with van der Waals surface area (Å²) in [6, 6.07) is 23.3. The van der Waals surface area contributed by atoms with Crippen molar-refractivity contribution in [2.75, 3.05) is 26.1 Å². The number of ether oxygens (including phenoxy) is 3. The van der Waals surface area contributed by atoms with Crippen LogP contribution in [0.5, 0.6) is 11.5 Å². The zero-order valence-electron chi connectivity index (χ0n) is 22.3. The van der Waals surface area contributed by atoms with Gasteiger partial charge in [0, 0.05) is 5.70 Å². The van der Waals surface area contributed by atoms with Crippen molar-refractivity contribution in [3.05, 3.63) is 107 Å². The van der Waals surface area contributed by atoms with Crippen LogP contribution in [0.1, 0.15) is 31.0 Å². The van der Waals surface area contributed by atoms with E-state index in [2.05, 4.69) is 5.32 Å². The van der Waals surface area contributed by atoms with E-state index < -0.39 is 5.97 Å². The summed E-state index contributed by atoms with van der Waals surface area (Å²) in [4.78, 5) is 40.2. The first-order valence-electron chi connectivity index (χ1n) is 12.4. The molecule has 1 N–H and O–H groups in total. The monoisotopic (exact) mass is 526 g/mol. The Morgan fingerprint density at radius 2 is 1.62 bits per heavy atom. The molecule has 0 aliphatic carbocycles. The van der Waals surface area contributed by atoms with E-state index in [-0.39, 0.29) is 35.6 Å². The standard InChI is InChI=1S/C31H30N2O6/c1-20(23-10-6-5-7-11-23)33-21(2)29(31(36)38-4)25(30(33)35)18-22-14-16-24(17-15-22)39-19-28(34)32-26-12-8-9-13-27(26)37-3/h5-18,20H,19H2,1-4H3,(H,32,34)/b25-18-/t20-/m0/s1. The van der Waals surface area contributed by atoms with Crippen molar-refractivity contribution in [1.29, 1.82) is 0 Å². The van der Waals surface area contributed by atoms with Crippen molar-refractivity contribution in [3.8, 4) is 11.5 Å². The number of carbonyl (C=O) groups excluding carboxylic acids is 3. The van der Waals surface area contributed by atoms with E-state index in [1.807, 2.05) is 43.3 Å². The molecule has 2 amide bonds. The van der Waals surface area contributed by atoms with E-state index in [0.29, 0.717) is 28.4 Å². The minimum atomic E-state index is -0.573. The van der Waals surface area contributed by atoms with Gasteiger partial charge < -0.3 is 24.4 Å². The quantitative estimate of drug-likeness (QED) is 0.306. The van der Waals surface area contributed by atoms with Crippen molar-refractivity contribution >= 4 is 29.5 Å². The smallest absolute Gasteiger partial charge is 0.340 e. The second kappa shape index (κ2) is 12.1. The first kappa shape index (κ1) is 27.2. The molecular formula is C31H30N2O6. The maximum absolute atomic E-state index is 13.5. The molecule has 1 aliphatic heterocycles. The number of nitrogens with zero attached hydrogens (tertiary/aromatic N) is 1. The molecule has 1 atom stereocenters. The zero-order chi connectivity index (χ0) is 27.9. The molecule has 39 heavy (non-hydrogen) atoms. The Kier molecular flexibility index (Phi) is 8.46. The minimum absolute atomic E-state index is 0.197. The lowest BCUT2D eigenvalue weighted by Crippen LogP contribution is -2.28. The van der Waals surface area contributed by atoms with Crippen molar-refractivity contribution in [3.63, 3.8) is 0 Å². The van der Waals surface area contributed by atoms with E-state index in [9.17, 15) is 14.4 Å². The molecule has 0 unspecified atom stereocenters. The number of allylic oxidation sites excluding steroid dienone is 1. The Bertz CT molecular complexity index is 1430. The number of para-hydroxylation sites is 2. The molecular weight excluding hydrogens is 496 g/mol. The van der Waals surface area contributed by atoms with Gasteiger partial charge in [0.15, 0.2) is 6.61 Å². The van der Waals surface area contributed by atoms with Crippen LogP contribution >= 0.6 is 0 Å². The molecule has 4 rings (SSSR count). The van der Waals surface area contributed by atoms with E-state index in [4.69, 9.17) is 14.2 Å². The first-order chi connectivity index (χ1) is 18.8. The van der Waals surface area contributed by atoms with E-state index in [1.165, 1.54) is 14.2 Å². The van der Waals surface area contributed by atoms with Gasteiger partial charge in [0.2, 0.25) is 0 Å². The normalized spacial score (nSPS) is 14.8. The molecule has 200 valence electrons. The number of amides is 2. The average molecular weight is 527 g/mol. The van der Waals surface area contributed by atoms with Gasteiger partial charge in [0.25, 0.3) is 11.8 Å². The lowest BCUT2D eigenvalue weighted by molar-refractivity contribution is -0.136. The molecule has 0 bridgehead atoms. The van der Waals surface area contributed by atoms with Crippen molar-refractivity contribution in [1.82, 2.24) is 4.90 Å². The number of hydrogen-bond acceptors (Lipinski definition) is 6. The number of benzene rings is 3. The SMILES string of the molecule is COC(=O)C1=C(C)N([C@@H](C)c2ccccc2)C(=O)/C1=C\c1ccc(OCC(=O)Nc2ccccc2OC)cc1. The van der Waals surface area contributed by atoms with Gasteiger partial charge in [-0.3, -0.25) is 9.59 Å². The van der Waals surface area contributed by atoms with Gasteiger partial charge in [-0.1, -0.05) is 54.6 Å². The maximum atomic E-state index is 13.5. The van der Waals surface area contributed by atoms with Crippen LogP contribution in [0.3, 0.4) is 0 Å². The highest BCUT2D eigenvalue weighted by Crippen LogP contribution is 2.37. The summed E-state index contributed by atoms with van der Waals surface area (Å²) in [7, 11) is 2.83. The third-order valence-electron chi connectivity index (χ3n) is 6.44. The third kappa shape index (κ3) is 6.01. The molecule has 0 saturated heterocycles. The molecule has 8 heteroatoms.